The number of para-hydroxylation sites is 1. The number of ether oxygens (including phenoxy) is 1. The van der Waals surface area contributed by atoms with Gasteiger partial charge in [0.2, 0.25) is 15.9 Å². The zero-order valence-corrected chi connectivity index (χ0v) is 18.7. The average Bonchev–Trinajstić information content (AvgIpc) is 3.39. The number of rotatable bonds is 7. The van der Waals surface area contributed by atoms with Crippen LogP contribution in [0.15, 0.2) is 41.0 Å². The third-order valence-corrected chi connectivity index (χ3v) is 6.27. The van der Waals surface area contributed by atoms with Crippen LogP contribution in [0.2, 0.25) is 0 Å². The van der Waals surface area contributed by atoms with Crippen molar-refractivity contribution >= 4 is 10.0 Å². The average molecular weight is 498 g/mol. The minimum atomic E-state index is -3.59. The SMILES string of the molecule is CS(=O)(=O)NC1CO[C@](Cc2cc(-c3cccc(F)c3O)c(F)cc2F)(c2nc(CO)co2)C1. The molecule has 2 heterocycles. The van der Waals surface area contributed by atoms with Crippen LogP contribution in [0.3, 0.4) is 0 Å². The molecule has 0 amide bonds. The van der Waals surface area contributed by atoms with Gasteiger partial charge >= 0.3 is 0 Å². The van der Waals surface area contributed by atoms with Gasteiger partial charge in [0.05, 0.1) is 19.5 Å². The summed E-state index contributed by atoms with van der Waals surface area (Å²) in [5, 5.41) is 19.4. The van der Waals surface area contributed by atoms with Gasteiger partial charge in [0.15, 0.2) is 11.6 Å². The van der Waals surface area contributed by atoms with Gasteiger partial charge in [0, 0.05) is 36.1 Å². The molecule has 0 saturated carbocycles. The molecule has 34 heavy (non-hydrogen) atoms. The summed E-state index contributed by atoms with van der Waals surface area (Å²) in [5.41, 5.74) is -1.74. The first-order valence-corrected chi connectivity index (χ1v) is 12.0. The Bertz CT molecular complexity index is 1330. The first-order valence-electron chi connectivity index (χ1n) is 10.1. The van der Waals surface area contributed by atoms with Crippen molar-refractivity contribution in [1.82, 2.24) is 9.71 Å². The van der Waals surface area contributed by atoms with Gasteiger partial charge in [-0.1, -0.05) is 12.1 Å². The zero-order chi connectivity index (χ0) is 24.7. The lowest BCUT2D eigenvalue weighted by molar-refractivity contribution is -0.0221. The molecule has 1 unspecified atom stereocenters. The Morgan fingerprint density at radius 2 is 1.94 bits per heavy atom. The van der Waals surface area contributed by atoms with Crippen LogP contribution in [-0.4, -0.2) is 42.5 Å². The molecule has 0 bridgehead atoms. The predicted octanol–water partition coefficient (Wildman–Crippen LogP) is 2.73. The molecule has 1 aromatic heterocycles. The normalized spacial score (nSPS) is 20.7. The van der Waals surface area contributed by atoms with E-state index in [4.69, 9.17) is 9.15 Å². The van der Waals surface area contributed by atoms with E-state index in [2.05, 4.69) is 9.71 Å². The van der Waals surface area contributed by atoms with E-state index in [1.54, 1.807) is 0 Å². The molecule has 182 valence electrons. The number of aromatic hydroxyl groups is 1. The number of phenolic OH excluding ortho intramolecular Hbond substituents is 1. The summed E-state index contributed by atoms with van der Waals surface area (Å²) >= 11 is 0. The number of hydrogen-bond acceptors (Lipinski definition) is 7. The van der Waals surface area contributed by atoms with E-state index in [1.165, 1.54) is 18.4 Å². The van der Waals surface area contributed by atoms with Gasteiger partial charge in [0.1, 0.15) is 29.2 Å². The van der Waals surface area contributed by atoms with E-state index in [-0.39, 0.29) is 47.7 Å². The van der Waals surface area contributed by atoms with Crippen LogP contribution in [0.25, 0.3) is 11.1 Å². The number of halogens is 3. The summed E-state index contributed by atoms with van der Waals surface area (Å²) in [6.45, 7) is -0.511. The van der Waals surface area contributed by atoms with Crippen molar-refractivity contribution < 1.29 is 41.0 Å². The molecule has 0 radical (unpaired) electrons. The summed E-state index contributed by atoms with van der Waals surface area (Å²) in [4.78, 5) is 4.16. The number of benzene rings is 2. The number of sulfonamides is 1. The Morgan fingerprint density at radius 3 is 2.62 bits per heavy atom. The number of nitrogens with zero attached hydrogens (tertiary/aromatic N) is 1. The topological polar surface area (TPSA) is 122 Å². The molecule has 1 aliphatic rings. The number of aliphatic hydroxyl groups is 1. The highest BCUT2D eigenvalue weighted by Gasteiger charge is 2.47. The minimum Gasteiger partial charge on any atom is -0.504 e. The molecule has 8 nitrogen and oxygen atoms in total. The second-order valence-corrected chi connectivity index (χ2v) is 9.91. The van der Waals surface area contributed by atoms with Crippen LogP contribution in [0, 0.1) is 17.5 Å². The predicted molar refractivity (Wildman–Crippen MR) is 114 cm³/mol. The van der Waals surface area contributed by atoms with Crippen LogP contribution >= 0.6 is 0 Å². The standard InChI is InChI=1S/C22H21F3N2O6S/c1-34(30,31)27-13-8-22(33-11-13,21-26-14(9-28)10-32-21)7-12-5-16(19(25)6-18(12)24)15-3-2-4-17(23)20(15)29/h2-6,10,13,27-29H,7-9,11H2,1H3/t13?,22-/m0/s1. The molecular formula is C22H21F3N2O6S. The number of phenols is 1. The number of hydrogen-bond donors (Lipinski definition) is 3. The zero-order valence-electron chi connectivity index (χ0n) is 17.9. The molecule has 2 atom stereocenters. The first-order chi connectivity index (χ1) is 16.0. The maximum absolute atomic E-state index is 14.9. The summed E-state index contributed by atoms with van der Waals surface area (Å²) < 4.78 is 80.5. The molecular weight excluding hydrogens is 477 g/mol. The quantitative estimate of drug-likeness (QED) is 0.458. The van der Waals surface area contributed by atoms with Crippen molar-refractivity contribution in [3.8, 4) is 16.9 Å². The Kier molecular flexibility index (Phi) is 6.42. The largest absolute Gasteiger partial charge is 0.504 e. The summed E-state index contributed by atoms with van der Waals surface area (Å²) in [7, 11) is -3.59. The van der Waals surface area contributed by atoms with E-state index < -0.39 is 51.5 Å². The van der Waals surface area contributed by atoms with Crippen molar-refractivity contribution in [3.63, 3.8) is 0 Å². The lowest BCUT2D eigenvalue weighted by Gasteiger charge is -2.26. The maximum Gasteiger partial charge on any atom is 0.227 e. The van der Waals surface area contributed by atoms with Crippen molar-refractivity contribution in [2.45, 2.75) is 31.1 Å². The van der Waals surface area contributed by atoms with E-state index in [0.29, 0.717) is 6.07 Å². The van der Waals surface area contributed by atoms with Gasteiger partial charge in [-0.05, 0) is 17.7 Å². The van der Waals surface area contributed by atoms with E-state index >= 15 is 0 Å². The van der Waals surface area contributed by atoms with Crippen molar-refractivity contribution in [2.75, 3.05) is 12.9 Å². The Balaban J connectivity index is 1.77. The molecule has 1 fully saturated rings. The Hall–Kier alpha value is -2.93. The summed E-state index contributed by atoms with van der Waals surface area (Å²) in [6.07, 6.45) is 1.92. The third kappa shape index (κ3) is 4.80. The van der Waals surface area contributed by atoms with Crippen LogP contribution in [0.4, 0.5) is 13.2 Å². The van der Waals surface area contributed by atoms with E-state index in [0.717, 1.165) is 18.4 Å². The Morgan fingerprint density at radius 1 is 1.18 bits per heavy atom. The fraction of sp³-hybridized carbons (Fsp3) is 0.318. The van der Waals surface area contributed by atoms with Gasteiger partial charge in [0.25, 0.3) is 0 Å². The molecule has 1 saturated heterocycles. The highest BCUT2D eigenvalue weighted by molar-refractivity contribution is 7.88. The van der Waals surface area contributed by atoms with Crippen molar-refractivity contribution in [2.24, 2.45) is 0 Å². The van der Waals surface area contributed by atoms with Crippen molar-refractivity contribution in [1.29, 1.82) is 0 Å². The highest BCUT2D eigenvalue weighted by atomic mass is 32.2. The molecule has 0 spiro atoms. The van der Waals surface area contributed by atoms with Gasteiger partial charge in [-0.3, -0.25) is 0 Å². The van der Waals surface area contributed by atoms with E-state index in [1.807, 2.05) is 0 Å². The lowest BCUT2D eigenvalue weighted by atomic mass is 9.88. The smallest absolute Gasteiger partial charge is 0.227 e. The second kappa shape index (κ2) is 9.02. The van der Waals surface area contributed by atoms with Crippen LogP contribution in [0.5, 0.6) is 5.75 Å². The molecule has 4 rings (SSSR count). The summed E-state index contributed by atoms with van der Waals surface area (Å²) in [6, 6.07) is 4.61. The van der Waals surface area contributed by atoms with Gasteiger partial charge in [-0.2, -0.15) is 0 Å². The van der Waals surface area contributed by atoms with Gasteiger partial charge in [-0.25, -0.2) is 31.3 Å². The second-order valence-electron chi connectivity index (χ2n) is 8.13. The molecule has 1 aliphatic heterocycles. The van der Waals surface area contributed by atoms with Crippen LogP contribution < -0.4 is 4.72 Å². The third-order valence-electron chi connectivity index (χ3n) is 5.51. The molecule has 12 heteroatoms. The van der Waals surface area contributed by atoms with Crippen LogP contribution in [-0.2, 0) is 33.4 Å². The van der Waals surface area contributed by atoms with E-state index in [9.17, 15) is 31.8 Å². The number of aromatic nitrogens is 1. The van der Waals surface area contributed by atoms with Gasteiger partial charge < -0.3 is 19.4 Å². The van der Waals surface area contributed by atoms with Crippen LogP contribution in [0.1, 0.15) is 23.6 Å². The lowest BCUT2D eigenvalue weighted by Crippen LogP contribution is -2.36. The van der Waals surface area contributed by atoms with Crippen molar-refractivity contribution in [3.05, 3.63) is 71.2 Å². The number of oxazole rings is 1. The molecule has 0 aliphatic carbocycles. The molecule has 3 N–H and O–H groups in total. The highest BCUT2D eigenvalue weighted by Crippen LogP contribution is 2.41. The molecule has 3 aromatic rings. The fourth-order valence-electron chi connectivity index (χ4n) is 4.07. The monoisotopic (exact) mass is 498 g/mol. The summed E-state index contributed by atoms with van der Waals surface area (Å²) in [5.74, 6) is -3.73. The minimum absolute atomic E-state index is 0.00279. The Labute approximate surface area is 193 Å². The van der Waals surface area contributed by atoms with Gasteiger partial charge in [-0.15, -0.1) is 0 Å². The number of aliphatic hydroxyl groups excluding tert-OH is 1. The first kappa shape index (κ1) is 24.2. The molecule has 2 aromatic carbocycles. The number of nitrogens with one attached hydrogen (secondary N) is 1. The maximum atomic E-state index is 14.9. The fourth-order valence-corrected chi connectivity index (χ4v) is 4.82.